The van der Waals surface area contributed by atoms with Crippen molar-refractivity contribution in [3.8, 4) is 0 Å². The molecule has 0 aromatic heterocycles. The van der Waals surface area contributed by atoms with E-state index in [9.17, 15) is 4.79 Å². The number of carbonyl (C=O) groups is 1. The van der Waals surface area contributed by atoms with Gasteiger partial charge in [0.15, 0.2) is 0 Å². The van der Waals surface area contributed by atoms with E-state index in [1.54, 1.807) is 5.57 Å². The summed E-state index contributed by atoms with van der Waals surface area (Å²) >= 11 is 0. The molecule has 4 fully saturated rings. The van der Waals surface area contributed by atoms with Gasteiger partial charge in [-0.1, -0.05) is 72.0 Å². The van der Waals surface area contributed by atoms with Crippen LogP contribution in [-0.4, -0.2) is 36.6 Å². The van der Waals surface area contributed by atoms with Crippen LogP contribution >= 0.6 is 0 Å². The predicted octanol–water partition coefficient (Wildman–Crippen LogP) is 8.82. The summed E-state index contributed by atoms with van der Waals surface area (Å²) < 4.78 is 6.08. The molecule has 0 amide bonds. The van der Waals surface area contributed by atoms with E-state index >= 15 is 0 Å². The quantitative estimate of drug-likeness (QED) is 0.222. The largest absolute Gasteiger partial charge is 0.462 e. The van der Waals surface area contributed by atoms with Crippen molar-refractivity contribution in [1.82, 2.24) is 4.90 Å². The summed E-state index contributed by atoms with van der Waals surface area (Å²) in [5.74, 6) is 5.31. The van der Waals surface area contributed by atoms with E-state index < -0.39 is 0 Å². The molecule has 0 bridgehead atoms. The SMILES string of the molecule is CC(C)CCC[C@@H](C)[C@H]1CC[C@@H]2[C@H]3CC=C4C[C@@H](OC(=O)CCN5CCCCC5)CC[C@]4(C)[C@H]3CC[C@@]21C. The Kier molecular flexibility index (Phi) is 9.03. The summed E-state index contributed by atoms with van der Waals surface area (Å²) in [6.07, 6.45) is 21.8. The van der Waals surface area contributed by atoms with Crippen LogP contribution in [0, 0.1) is 46.3 Å². The van der Waals surface area contributed by atoms with Gasteiger partial charge in [0.2, 0.25) is 0 Å². The number of piperidine rings is 1. The Hall–Kier alpha value is -0.830. The van der Waals surface area contributed by atoms with Gasteiger partial charge in [0.1, 0.15) is 6.10 Å². The van der Waals surface area contributed by atoms with Crippen LogP contribution in [0.4, 0.5) is 0 Å². The molecule has 1 heterocycles. The molecule has 3 heteroatoms. The number of allylic oxidation sites excluding steroid dienone is 1. The van der Waals surface area contributed by atoms with E-state index in [1.165, 1.54) is 77.0 Å². The molecule has 5 rings (SSSR count). The standard InChI is InChI=1S/C35H59NO2/c1-25(2)10-9-11-26(3)30-14-15-31-29-13-12-27-24-28(38-33(37)18-23-36-21-7-6-8-22-36)16-19-34(27,4)32(29)17-20-35(30,31)5/h12,25-26,28-32H,6-11,13-24H2,1-5H3/t26-,28+,29-,30-,31-,32+,34+,35-/m1/s1. The topological polar surface area (TPSA) is 29.5 Å². The Morgan fingerprint density at radius 1 is 1.00 bits per heavy atom. The first-order chi connectivity index (χ1) is 18.2. The van der Waals surface area contributed by atoms with Crippen molar-refractivity contribution in [2.45, 2.75) is 137 Å². The summed E-state index contributed by atoms with van der Waals surface area (Å²) in [5.41, 5.74) is 2.53. The highest BCUT2D eigenvalue weighted by atomic mass is 16.5. The Bertz CT molecular complexity index is 843. The number of hydrogen-bond acceptors (Lipinski definition) is 3. The highest BCUT2D eigenvalue weighted by Crippen LogP contribution is 2.67. The average Bonchev–Trinajstić information content (AvgIpc) is 3.25. The second-order valence-electron chi connectivity index (χ2n) is 15.3. The second kappa shape index (κ2) is 12.0. The molecule has 5 aliphatic rings. The zero-order valence-electron chi connectivity index (χ0n) is 25.6. The minimum absolute atomic E-state index is 0.0337. The van der Waals surface area contributed by atoms with E-state index in [2.05, 4.69) is 45.6 Å². The Balaban J connectivity index is 1.17. The van der Waals surface area contributed by atoms with Crippen molar-refractivity contribution in [1.29, 1.82) is 0 Å². The lowest BCUT2D eigenvalue weighted by Crippen LogP contribution is -2.51. The van der Waals surface area contributed by atoms with Crippen molar-refractivity contribution in [3.05, 3.63) is 11.6 Å². The molecule has 216 valence electrons. The smallest absolute Gasteiger partial charge is 0.307 e. The monoisotopic (exact) mass is 525 g/mol. The third-order valence-electron chi connectivity index (χ3n) is 12.6. The van der Waals surface area contributed by atoms with Crippen LogP contribution < -0.4 is 0 Å². The molecule has 0 unspecified atom stereocenters. The van der Waals surface area contributed by atoms with Crippen LogP contribution in [0.3, 0.4) is 0 Å². The molecule has 3 saturated carbocycles. The molecule has 3 nitrogen and oxygen atoms in total. The van der Waals surface area contributed by atoms with Crippen molar-refractivity contribution >= 4 is 5.97 Å². The number of fused-ring (bicyclic) bond motifs is 5. The zero-order valence-corrected chi connectivity index (χ0v) is 25.6. The fraction of sp³-hybridized carbons (Fsp3) is 0.914. The number of esters is 1. The van der Waals surface area contributed by atoms with Crippen LogP contribution in [0.1, 0.15) is 131 Å². The molecule has 0 radical (unpaired) electrons. The second-order valence-corrected chi connectivity index (χ2v) is 15.3. The average molecular weight is 526 g/mol. The Morgan fingerprint density at radius 3 is 2.55 bits per heavy atom. The molecule has 4 aliphatic carbocycles. The summed E-state index contributed by atoms with van der Waals surface area (Å²) in [6, 6.07) is 0. The van der Waals surface area contributed by atoms with Gasteiger partial charge in [0, 0.05) is 13.0 Å². The van der Waals surface area contributed by atoms with Gasteiger partial charge in [-0.3, -0.25) is 4.79 Å². The van der Waals surface area contributed by atoms with Crippen LogP contribution in [0.5, 0.6) is 0 Å². The van der Waals surface area contributed by atoms with E-state index in [-0.39, 0.29) is 12.1 Å². The van der Waals surface area contributed by atoms with Crippen LogP contribution in [0.2, 0.25) is 0 Å². The lowest BCUT2D eigenvalue weighted by Gasteiger charge is -2.58. The maximum absolute atomic E-state index is 12.7. The molecular formula is C35H59NO2. The Labute approximate surface area is 234 Å². The fourth-order valence-electron chi connectivity index (χ4n) is 10.4. The van der Waals surface area contributed by atoms with Crippen molar-refractivity contribution in [3.63, 3.8) is 0 Å². The fourth-order valence-corrected chi connectivity index (χ4v) is 10.4. The summed E-state index contributed by atoms with van der Waals surface area (Å²) in [7, 11) is 0. The summed E-state index contributed by atoms with van der Waals surface area (Å²) in [4.78, 5) is 15.1. The number of rotatable bonds is 9. The summed E-state index contributed by atoms with van der Waals surface area (Å²) in [5, 5.41) is 0. The minimum Gasteiger partial charge on any atom is -0.462 e. The van der Waals surface area contributed by atoms with E-state index in [1.807, 2.05) is 0 Å². The molecule has 0 aromatic rings. The number of nitrogens with zero attached hydrogens (tertiary/aromatic N) is 1. The molecule has 38 heavy (non-hydrogen) atoms. The van der Waals surface area contributed by atoms with Gasteiger partial charge in [-0.15, -0.1) is 0 Å². The first-order valence-electron chi connectivity index (χ1n) is 16.8. The molecular weight excluding hydrogens is 466 g/mol. The van der Waals surface area contributed by atoms with Crippen LogP contribution in [-0.2, 0) is 9.53 Å². The normalized spacial score (nSPS) is 40.2. The third kappa shape index (κ3) is 5.80. The number of carbonyl (C=O) groups excluding carboxylic acids is 1. The first kappa shape index (κ1) is 28.7. The molecule has 0 spiro atoms. The summed E-state index contributed by atoms with van der Waals surface area (Å²) in [6.45, 7) is 15.8. The zero-order chi connectivity index (χ0) is 26.9. The molecule has 8 atom stereocenters. The molecule has 0 aromatic carbocycles. The molecule has 0 N–H and O–H groups in total. The number of ether oxygens (including phenoxy) is 1. The molecule has 1 saturated heterocycles. The minimum atomic E-state index is 0.0337. The van der Waals surface area contributed by atoms with E-state index in [4.69, 9.17) is 4.74 Å². The van der Waals surface area contributed by atoms with Gasteiger partial charge in [-0.25, -0.2) is 0 Å². The van der Waals surface area contributed by atoms with Gasteiger partial charge in [0.05, 0.1) is 6.42 Å². The van der Waals surface area contributed by atoms with Gasteiger partial charge in [0.25, 0.3) is 0 Å². The highest BCUT2D eigenvalue weighted by molar-refractivity contribution is 5.69. The number of hydrogen-bond donors (Lipinski definition) is 0. The van der Waals surface area contributed by atoms with Crippen molar-refractivity contribution < 1.29 is 9.53 Å². The van der Waals surface area contributed by atoms with E-state index in [0.717, 1.165) is 68.0 Å². The van der Waals surface area contributed by atoms with Gasteiger partial charge in [-0.05, 0) is 117 Å². The lowest BCUT2D eigenvalue weighted by atomic mass is 9.47. The predicted molar refractivity (Wildman–Crippen MR) is 158 cm³/mol. The first-order valence-corrected chi connectivity index (χ1v) is 16.8. The van der Waals surface area contributed by atoms with Gasteiger partial charge < -0.3 is 9.64 Å². The third-order valence-corrected chi connectivity index (χ3v) is 12.6. The van der Waals surface area contributed by atoms with Crippen LogP contribution in [0.25, 0.3) is 0 Å². The Morgan fingerprint density at radius 2 is 1.79 bits per heavy atom. The maximum Gasteiger partial charge on any atom is 0.307 e. The van der Waals surface area contributed by atoms with Crippen molar-refractivity contribution in [2.75, 3.05) is 19.6 Å². The van der Waals surface area contributed by atoms with E-state index in [0.29, 0.717) is 17.3 Å². The maximum atomic E-state index is 12.7. The van der Waals surface area contributed by atoms with Crippen molar-refractivity contribution in [2.24, 2.45) is 46.3 Å². The number of likely N-dealkylation sites (tertiary alicyclic amines) is 1. The highest BCUT2D eigenvalue weighted by Gasteiger charge is 2.59. The molecule has 1 aliphatic heterocycles. The van der Waals surface area contributed by atoms with Gasteiger partial charge >= 0.3 is 5.97 Å². The van der Waals surface area contributed by atoms with Gasteiger partial charge in [-0.2, -0.15) is 0 Å². The lowest BCUT2D eigenvalue weighted by molar-refractivity contribution is -0.152. The van der Waals surface area contributed by atoms with Crippen LogP contribution in [0.15, 0.2) is 11.6 Å².